The molecule has 0 heterocycles. The van der Waals surface area contributed by atoms with Crippen molar-refractivity contribution in [3.63, 3.8) is 0 Å². The number of benzene rings is 1. The van der Waals surface area contributed by atoms with Gasteiger partial charge in [-0.25, -0.2) is 4.79 Å². The lowest BCUT2D eigenvalue weighted by Crippen LogP contribution is -2.35. The zero-order chi connectivity index (χ0) is 14.1. The number of carbonyl (C=O) groups is 1. The van der Waals surface area contributed by atoms with Crippen LogP contribution >= 0.6 is 22.9 Å². The van der Waals surface area contributed by atoms with Gasteiger partial charge in [-0.1, -0.05) is 30.3 Å². The first kappa shape index (κ1) is 16.2. The van der Waals surface area contributed by atoms with E-state index in [0.29, 0.717) is 6.42 Å². The maximum absolute atomic E-state index is 11.4. The molecule has 5 nitrogen and oxygen atoms in total. The summed E-state index contributed by atoms with van der Waals surface area (Å²) in [6.45, 7) is 2.38. The van der Waals surface area contributed by atoms with Crippen LogP contribution in [-0.2, 0) is 11.3 Å². The molecule has 0 bridgehead atoms. The molecular weight excluding hydrogens is 359 g/mol. The molecule has 1 amide bonds. The summed E-state index contributed by atoms with van der Waals surface area (Å²) in [5.74, 6) is 0. The average molecular weight is 378 g/mol. The SMILES string of the molecule is CC(CC(O)CNC(=O)OCc1ccccc1)NI. The minimum Gasteiger partial charge on any atom is -0.445 e. The summed E-state index contributed by atoms with van der Waals surface area (Å²) in [5.41, 5.74) is 0.931. The van der Waals surface area contributed by atoms with Gasteiger partial charge in [-0.05, 0) is 18.9 Å². The third kappa shape index (κ3) is 7.34. The van der Waals surface area contributed by atoms with Crippen molar-refractivity contribution in [2.45, 2.75) is 32.1 Å². The van der Waals surface area contributed by atoms with Gasteiger partial charge in [-0.2, -0.15) is 0 Å². The normalized spacial score (nSPS) is 13.6. The minimum absolute atomic E-state index is 0.191. The second-order valence-corrected chi connectivity index (χ2v) is 4.97. The molecule has 106 valence electrons. The van der Waals surface area contributed by atoms with Crippen LogP contribution in [0.5, 0.6) is 0 Å². The first-order valence-corrected chi connectivity index (χ1v) is 7.18. The summed E-state index contributed by atoms with van der Waals surface area (Å²) in [6.07, 6.45) is -0.526. The predicted octanol–water partition coefficient (Wildman–Crippen LogP) is 1.99. The molecule has 0 aromatic heterocycles. The van der Waals surface area contributed by atoms with Crippen molar-refractivity contribution in [2.24, 2.45) is 0 Å². The summed E-state index contributed by atoms with van der Waals surface area (Å²) in [5, 5.41) is 12.2. The van der Waals surface area contributed by atoms with Gasteiger partial charge in [-0.15, -0.1) is 0 Å². The largest absolute Gasteiger partial charge is 0.445 e. The average Bonchev–Trinajstić information content (AvgIpc) is 2.43. The van der Waals surface area contributed by atoms with Crippen LogP contribution in [0.3, 0.4) is 0 Å². The molecule has 1 aromatic carbocycles. The Kier molecular flexibility index (Phi) is 7.76. The van der Waals surface area contributed by atoms with Crippen LogP contribution in [0.4, 0.5) is 4.79 Å². The van der Waals surface area contributed by atoms with Crippen LogP contribution in [0.1, 0.15) is 18.9 Å². The second-order valence-electron chi connectivity index (χ2n) is 4.34. The number of hydrogen-bond acceptors (Lipinski definition) is 4. The van der Waals surface area contributed by atoms with E-state index in [2.05, 4.69) is 8.85 Å². The van der Waals surface area contributed by atoms with Crippen LogP contribution in [0.25, 0.3) is 0 Å². The molecule has 1 aromatic rings. The Morgan fingerprint density at radius 2 is 2.11 bits per heavy atom. The zero-order valence-electron chi connectivity index (χ0n) is 10.8. The first-order valence-electron chi connectivity index (χ1n) is 6.10. The molecule has 0 aliphatic heterocycles. The van der Waals surface area contributed by atoms with Crippen LogP contribution in [0.15, 0.2) is 30.3 Å². The molecule has 0 saturated heterocycles. The Hall–Kier alpha value is -0.860. The fourth-order valence-electron chi connectivity index (χ4n) is 1.51. The van der Waals surface area contributed by atoms with Gasteiger partial charge in [0.1, 0.15) is 6.61 Å². The number of rotatable bonds is 7. The number of ether oxygens (including phenoxy) is 1. The fraction of sp³-hybridized carbons (Fsp3) is 0.462. The van der Waals surface area contributed by atoms with E-state index in [0.717, 1.165) is 5.56 Å². The lowest BCUT2D eigenvalue weighted by molar-refractivity contribution is 0.120. The molecule has 2 unspecified atom stereocenters. The highest BCUT2D eigenvalue weighted by Gasteiger charge is 2.11. The first-order chi connectivity index (χ1) is 9.11. The minimum atomic E-state index is -0.582. The maximum atomic E-state index is 11.4. The topological polar surface area (TPSA) is 70.6 Å². The number of alkyl carbamates (subject to hydrolysis) is 1. The zero-order valence-corrected chi connectivity index (χ0v) is 13.0. The molecule has 2 atom stereocenters. The van der Waals surface area contributed by atoms with Crippen molar-refractivity contribution in [2.75, 3.05) is 6.54 Å². The summed E-state index contributed by atoms with van der Waals surface area (Å²) in [4.78, 5) is 11.4. The third-order valence-electron chi connectivity index (χ3n) is 2.51. The predicted molar refractivity (Wildman–Crippen MR) is 81.9 cm³/mol. The van der Waals surface area contributed by atoms with E-state index in [9.17, 15) is 9.90 Å². The van der Waals surface area contributed by atoms with Gasteiger partial charge in [0.2, 0.25) is 0 Å². The Morgan fingerprint density at radius 3 is 2.74 bits per heavy atom. The molecule has 0 radical (unpaired) electrons. The second kappa shape index (κ2) is 9.11. The molecule has 6 heteroatoms. The molecule has 0 aliphatic rings. The molecule has 0 aliphatic carbocycles. The number of halogens is 1. The highest BCUT2D eigenvalue weighted by Crippen LogP contribution is 2.01. The third-order valence-corrected chi connectivity index (χ3v) is 3.57. The lowest BCUT2D eigenvalue weighted by Gasteiger charge is -2.15. The molecule has 0 saturated carbocycles. The Morgan fingerprint density at radius 1 is 1.42 bits per heavy atom. The Balaban J connectivity index is 2.17. The standard InChI is InChI=1S/C13H19IN2O3/c1-10(16-14)7-12(17)8-15-13(18)19-9-11-5-3-2-4-6-11/h2-6,10,12,16-17H,7-9H2,1H3,(H,15,18). The van der Waals surface area contributed by atoms with E-state index < -0.39 is 12.2 Å². The van der Waals surface area contributed by atoms with Gasteiger partial charge in [-0.3, -0.25) is 3.53 Å². The van der Waals surface area contributed by atoms with Crippen molar-refractivity contribution in [3.05, 3.63) is 35.9 Å². The number of nitrogens with one attached hydrogen (secondary N) is 2. The molecule has 0 fully saturated rings. The molecule has 19 heavy (non-hydrogen) atoms. The Labute approximate surface area is 127 Å². The van der Waals surface area contributed by atoms with Crippen LogP contribution in [0.2, 0.25) is 0 Å². The van der Waals surface area contributed by atoms with Gasteiger partial charge in [0.15, 0.2) is 0 Å². The molecule has 0 spiro atoms. The van der Waals surface area contributed by atoms with Gasteiger partial charge in [0.25, 0.3) is 0 Å². The van der Waals surface area contributed by atoms with Crippen LogP contribution in [-0.4, -0.2) is 29.9 Å². The van der Waals surface area contributed by atoms with Crippen LogP contribution < -0.4 is 8.85 Å². The van der Waals surface area contributed by atoms with E-state index in [1.807, 2.05) is 60.1 Å². The fourth-order valence-corrected chi connectivity index (χ4v) is 1.77. The van der Waals surface area contributed by atoms with Gasteiger partial charge in [0.05, 0.1) is 6.10 Å². The van der Waals surface area contributed by atoms with Gasteiger partial charge in [0, 0.05) is 35.5 Å². The lowest BCUT2D eigenvalue weighted by atomic mass is 10.1. The Bertz CT molecular complexity index is 375. The maximum Gasteiger partial charge on any atom is 0.407 e. The van der Waals surface area contributed by atoms with E-state index in [1.54, 1.807) is 0 Å². The van der Waals surface area contributed by atoms with Gasteiger partial charge < -0.3 is 15.2 Å². The highest BCUT2D eigenvalue weighted by atomic mass is 127. The van der Waals surface area contributed by atoms with Gasteiger partial charge >= 0.3 is 6.09 Å². The van der Waals surface area contributed by atoms with Crippen molar-refractivity contribution in [1.29, 1.82) is 0 Å². The summed E-state index contributed by atoms with van der Waals surface area (Å²) in [7, 11) is 0. The molecular formula is C13H19IN2O3. The van der Waals surface area contributed by atoms with Crippen LogP contribution in [0, 0.1) is 0 Å². The monoisotopic (exact) mass is 378 g/mol. The van der Waals surface area contributed by atoms with Crippen molar-refractivity contribution >= 4 is 29.0 Å². The highest BCUT2D eigenvalue weighted by molar-refractivity contribution is 14.1. The molecule has 3 N–H and O–H groups in total. The van der Waals surface area contributed by atoms with E-state index in [4.69, 9.17) is 4.74 Å². The van der Waals surface area contributed by atoms with Crippen molar-refractivity contribution in [1.82, 2.24) is 8.85 Å². The summed E-state index contributed by atoms with van der Waals surface area (Å²) >= 11 is 2.04. The smallest absolute Gasteiger partial charge is 0.407 e. The van der Waals surface area contributed by atoms with Crippen molar-refractivity contribution < 1.29 is 14.6 Å². The number of aliphatic hydroxyl groups is 1. The van der Waals surface area contributed by atoms with E-state index in [-0.39, 0.29) is 19.2 Å². The van der Waals surface area contributed by atoms with E-state index >= 15 is 0 Å². The van der Waals surface area contributed by atoms with E-state index in [1.165, 1.54) is 0 Å². The molecule has 1 rings (SSSR count). The number of amides is 1. The number of carbonyl (C=O) groups excluding carboxylic acids is 1. The summed E-state index contributed by atoms with van der Waals surface area (Å²) < 4.78 is 8.03. The quantitative estimate of drug-likeness (QED) is 0.502. The number of hydrogen-bond donors (Lipinski definition) is 3. The number of aliphatic hydroxyl groups excluding tert-OH is 1. The van der Waals surface area contributed by atoms with Crippen molar-refractivity contribution in [3.8, 4) is 0 Å². The summed E-state index contributed by atoms with van der Waals surface area (Å²) in [6, 6.07) is 9.64.